The Bertz CT molecular complexity index is 464. The van der Waals surface area contributed by atoms with Crippen LogP contribution in [0.5, 0.6) is 0 Å². The number of ether oxygens (including phenoxy) is 1. The number of morpholine rings is 1. The van der Waals surface area contributed by atoms with E-state index >= 15 is 0 Å². The molecule has 1 aliphatic rings. The number of nitrogens with zero attached hydrogens (tertiary/aromatic N) is 1. The van der Waals surface area contributed by atoms with Crippen LogP contribution in [0.3, 0.4) is 0 Å². The van der Waals surface area contributed by atoms with Crippen LogP contribution in [0.25, 0.3) is 0 Å². The zero-order chi connectivity index (χ0) is 13.3. The minimum absolute atomic E-state index is 0.0341. The van der Waals surface area contributed by atoms with Gasteiger partial charge in [-0.15, -0.1) is 0 Å². The Morgan fingerprint density at radius 2 is 2.22 bits per heavy atom. The van der Waals surface area contributed by atoms with Crippen molar-refractivity contribution in [2.45, 2.75) is 26.0 Å². The molecule has 1 fully saturated rings. The lowest BCUT2D eigenvalue weighted by molar-refractivity contribution is 0.0344. The minimum atomic E-state index is 0.0341. The number of halogens is 1. The molecule has 2 unspecified atom stereocenters. The van der Waals surface area contributed by atoms with E-state index in [0.717, 1.165) is 12.2 Å². The maximum absolute atomic E-state index is 7.40. The Hall–Kier alpha value is -1.26. The monoisotopic (exact) mass is 267 g/mol. The number of nitrogen functional groups attached to an aromatic ring is 1. The normalized spacial score (nSPS) is 24.1. The molecule has 1 aromatic carbocycles. The van der Waals surface area contributed by atoms with E-state index in [1.165, 1.54) is 0 Å². The summed E-state index contributed by atoms with van der Waals surface area (Å²) in [4.78, 5) is 2.24. The topological polar surface area (TPSA) is 62.3 Å². The van der Waals surface area contributed by atoms with Crippen LogP contribution in [0.15, 0.2) is 18.2 Å². The lowest BCUT2D eigenvalue weighted by atomic mass is 10.1. The molecule has 0 saturated carbocycles. The minimum Gasteiger partial charge on any atom is -0.384 e. The third-order valence-electron chi connectivity index (χ3n) is 3.18. The van der Waals surface area contributed by atoms with Gasteiger partial charge in [0.2, 0.25) is 0 Å². The number of nitrogens with one attached hydrogen (secondary N) is 1. The Labute approximate surface area is 112 Å². The van der Waals surface area contributed by atoms with Crippen LogP contribution >= 0.6 is 11.6 Å². The van der Waals surface area contributed by atoms with E-state index in [9.17, 15) is 0 Å². The first-order chi connectivity index (χ1) is 8.49. The molecule has 0 aliphatic carbocycles. The smallest absolute Gasteiger partial charge is 0.122 e. The number of amidine groups is 1. The van der Waals surface area contributed by atoms with Gasteiger partial charge in [0.25, 0.3) is 0 Å². The summed E-state index contributed by atoms with van der Waals surface area (Å²) in [5, 5.41) is 8.03. The summed E-state index contributed by atoms with van der Waals surface area (Å²) in [5.41, 5.74) is 7.08. The number of anilines is 1. The van der Waals surface area contributed by atoms with E-state index in [-0.39, 0.29) is 11.9 Å². The van der Waals surface area contributed by atoms with Crippen LogP contribution in [0.4, 0.5) is 5.69 Å². The molecule has 0 spiro atoms. The summed E-state index contributed by atoms with van der Waals surface area (Å²) in [6.45, 7) is 5.68. The highest BCUT2D eigenvalue weighted by atomic mass is 35.5. The highest BCUT2D eigenvalue weighted by Gasteiger charge is 2.25. The highest BCUT2D eigenvalue weighted by Crippen LogP contribution is 2.30. The maximum atomic E-state index is 7.40. The first-order valence-corrected chi connectivity index (χ1v) is 6.39. The molecule has 1 heterocycles. The second-order valence-corrected chi connectivity index (χ2v) is 5.13. The van der Waals surface area contributed by atoms with Crippen LogP contribution in [0.2, 0.25) is 5.02 Å². The summed E-state index contributed by atoms with van der Waals surface area (Å²) >= 11 is 6.29. The van der Waals surface area contributed by atoms with Gasteiger partial charge in [-0.1, -0.05) is 11.6 Å². The molecule has 2 atom stereocenters. The zero-order valence-corrected chi connectivity index (χ0v) is 11.4. The molecule has 98 valence electrons. The van der Waals surface area contributed by atoms with Crippen LogP contribution in [-0.2, 0) is 4.74 Å². The van der Waals surface area contributed by atoms with Crippen LogP contribution < -0.4 is 10.6 Å². The first kappa shape index (κ1) is 13.2. The molecule has 0 radical (unpaired) electrons. The second kappa shape index (κ2) is 5.16. The average molecular weight is 268 g/mol. The van der Waals surface area contributed by atoms with Gasteiger partial charge in [-0.2, -0.15) is 0 Å². The van der Waals surface area contributed by atoms with Gasteiger partial charge in [-0.25, -0.2) is 0 Å². The van der Waals surface area contributed by atoms with E-state index < -0.39 is 0 Å². The summed E-state index contributed by atoms with van der Waals surface area (Å²) in [6.07, 6.45) is 0.199. The Morgan fingerprint density at radius 1 is 1.50 bits per heavy atom. The first-order valence-electron chi connectivity index (χ1n) is 6.01. The van der Waals surface area contributed by atoms with Crippen molar-refractivity contribution in [3.8, 4) is 0 Å². The molecule has 3 N–H and O–H groups in total. The maximum Gasteiger partial charge on any atom is 0.122 e. The number of hydrogen-bond donors (Lipinski definition) is 2. The lowest BCUT2D eigenvalue weighted by Gasteiger charge is -2.39. The van der Waals surface area contributed by atoms with Gasteiger partial charge in [0.05, 0.1) is 23.4 Å². The number of nitrogens with two attached hydrogens (primary N) is 1. The largest absolute Gasteiger partial charge is 0.384 e. The average Bonchev–Trinajstić information content (AvgIpc) is 2.32. The van der Waals surface area contributed by atoms with Crippen molar-refractivity contribution >= 4 is 23.1 Å². The Kier molecular flexibility index (Phi) is 3.78. The fraction of sp³-hybridized carbons (Fsp3) is 0.462. The fourth-order valence-corrected chi connectivity index (χ4v) is 2.44. The molecule has 0 amide bonds. The van der Waals surface area contributed by atoms with Crippen molar-refractivity contribution in [1.29, 1.82) is 5.41 Å². The Balaban J connectivity index is 2.30. The van der Waals surface area contributed by atoms with Gasteiger partial charge in [-0.3, -0.25) is 5.41 Å². The standard InChI is InChI=1S/C13H18ClN3O/c1-8-7-18-9(2)6-17(8)12-4-3-10(13(15)16)5-11(12)14/h3-5,8-9H,6-7H2,1-2H3,(H3,15,16). The van der Waals surface area contributed by atoms with Crippen molar-refractivity contribution in [3.05, 3.63) is 28.8 Å². The molecule has 1 aliphatic heterocycles. The molecule has 5 heteroatoms. The molecule has 1 aromatic rings. The SMILES string of the molecule is CC1CN(c2ccc(C(=N)N)cc2Cl)C(C)CO1. The van der Waals surface area contributed by atoms with Crippen LogP contribution in [-0.4, -0.2) is 31.1 Å². The van der Waals surface area contributed by atoms with Crippen molar-refractivity contribution < 1.29 is 4.74 Å². The highest BCUT2D eigenvalue weighted by molar-refractivity contribution is 6.33. The van der Waals surface area contributed by atoms with E-state index in [2.05, 4.69) is 18.7 Å². The van der Waals surface area contributed by atoms with Gasteiger partial charge >= 0.3 is 0 Å². The molecule has 18 heavy (non-hydrogen) atoms. The van der Waals surface area contributed by atoms with E-state index in [1.54, 1.807) is 6.07 Å². The predicted octanol–water partition coefficient (Wildman–Crippen LogP) is 2.24. The summed E-state index contributed by atoms with van der Waals surface area (Å²) in [7, 11) is 0. The van der Waals surface area contributed by atoms with Crippen molar-refractivity contribution in [2.24, 2.45) is 5.73 Å². The molecule has 2 rings (SSSR count). The number of benzene rings is 1. The zero-order valence-electron chi connectivity index (χ0n) is 10.6. The third kappa shape index (κ3) is 2.60. The number of hydrogen-bond acceptors (Lipinski definition) is 3. The van der Waals surface area contributed by atoms with Crippen molar-refractivity contribution in [3.63, 3.8) is 0 Å². The fourth-order valence-electron chi connectivity index (χ4n) is 2.15. The second-order valence-electron chi connectivity index (χ2n) is 4.73. The van der Waals surface area contributed by atoms with Gasteiger partial charge in [-0.05, 0) is 32.0 Å². The quantitative estimate of drug-likeness (QED) is 0.638. The van der Waals surface area contributed by atoms with E-state index in [0.29, 0.717) is 23.2 Å². The van der Waals surface area contributed by atoms with Crippen LogP contribution in [0, 0.1) is 5.41 Å². The lowest BCUT2D eigenvalue weighted by Crippen LogP contribution is -2.47. The third-order valence-corrected chi connectivity index (χ3v) is 3.48. The van der Waals surface area contributed by atoms with E-state index in [4.69, 9.17) is 27.5 Å². The number of rotatable bonds is 2. The molecular weight excluding hydrogens is 250 g/mol. The predicted molar refractivity (Wildman–Crippen MR) is 74.7 cm³/mol. The molecule has 0 aromatic heterocycles. The van der Waals surface area contributed by atoms with Gasteiger partial charge in [0, 0.05) is 18.2 Å². The molecule has 0 bridgehead atoms. The Morgan fingerprint density at radius 3 is 2.83 bits per heavy atom. The van der Waals surface area contributed by atoms with Crippen molar-refractivity contribution in [2.75, 3.05) is 18.1 Å². The van der Waals surface area contributed by atoms with Crippen molar-refractivity contribution in [1.82, 2.24) is 0 Å². The summed E-state index contributed by atoms with van der Waals surface area (Å²) < 4.78 is 5.60. The molecule has 4 nitrogen and oxygen atoms in total. The molecule has 1 saturated heterocycles. The van der Waals surface area contributed by atoms with Gasteiger partial charge < -0.3 is 15.4 Å². The summed E-state index contributed by atoms with van der Waals surface area (Å²) in [6, 6.07) is 5.79. The van der Waals surface area contributed by atoms with Gasteiger partial charge in [0.1, 0.15) is 5.84 Å². The van der Waals surface area contributed by atoms with Crippen LogP contribution in [0.1, 0.15) is 19.4 Å². The molecular formula is C13H18ClN3O. The van der Waals surface area contributed by atoms with Gasteiger partial charge in [0.15, 0.2) is 0 Å². The summed E-state index contributed by atoms with van der Waals surface area (Å²) in [5.74, 6) is 0.0341. The van der Waals surface area contributed by atoms with E-state index in [1.807, 2.05) is 12.1 Å².